The lowest BCUT2D eigenvalue weighted by Crippen LogP contribution is -2.30. The van der Waals surface area contributed by atoms with E-state index in [1.807, 2.05) is 0 Å². The van der Waals surface area contributed by atoms with Gasteiger partial charge in [0.25, 0.3) is 0 Å². The van der Waals surface area contributed by atoms with Gasteiger partial charge >= 0.3 is 0 Å². The number of aryl methyl sites for hydroxylation is 3. The minimum atomic E-state index is 0.0274. The molecule has 2 heteroatoms. The predicted molar refractivity (Wildman–Crippen MR) is 256 cm³/mol. The normalized spacial score (nSPS) is 17.3. The van der Waals surface area contributed by atoms with Gasteiger partial charge in [0.2, 0.25) is 0 Å². The van der Waals surface area contributed by atoms with Crippen LogP contribution in [-0.2, 0) is 5.41 Å². The van der Waals surface area contributed by atoms with Crippen LogP contribution in [0.4, 0.5) is 22.7 Å². The predicted octanol–water partition coefficient (Wildman–Crippen LogP) is 16.1. The molecule has 1 unspecified atom stereocenters. The maximum absolute atomic E-state index is 2.51. The van der Waals surface area contributed by atoms with Crippen molar-refractivity contribution in [3.63, 3.8) is 0 Å². The Balaban J connectivity index is 0.993. The molecule has 3 aliphatic carbocycles. The number of allylic oxidation sites excluding steroid dienone is 7. The number of nitrogens with zero attached hydrogens (tertiary/aromatic N) is 2. The molecule has 0 bridgehead atoms. The smallest absolute Gasteiger partial charge is 0.0467 e. The highest BCUT2D eigenvalue weighted by Gasteiger charge is 2.36. The molecule has 6 aromatic carbocycles. The summed E-state index contributed by atoms with van der Waals surface area (Å²) in [6, 6.07) is 55.1. The van der Waals surface area contributed by atoms with Gasteiger partial charge in [0, 0.05) is 45.5 Å². The van der Waals surface area contributed by atoms with Crippen molar-refractivity contribution in [2.24, 2.45) is 0 Å². The Morgan fingerprint density at radius 2 is 1.07 bits per heavy atom. The lowest BCUT2D eigenvalue weighted by atomic mass is 9.65. The summed E-state index contributed by atoms with van der Waals surface area (Å²) < 4.78 is 0. The van der Waals surface area contributed by atoms with Crippen LogP contribution in [0.3, 0.4) is 0 Å². The minimum Gasteiger partial charge on any atom is -0.315 e. The molecule has 0 aromatic heterocycles. The molecule has 0 spiro atoms. The first-order valence-corrected chi connectivity index (χ1v) is 22.2. The average Bonchev–Trinajstić information content (AvgIpc) is 3.30. The van der Waals surface area contributed by atoms with E-state index in [9.17, 15) is 0 Å². The summed E-state index contributed by atoms with van der Waals surface area (Å²) in [4.78, 5) is 4.85. The SMILES string of the molecule is CC1=CC=C(N(C2=CC(c3ccc(C4(c5ccc(-c6cccc(N(c7ccc(C)cc7)c7ccc(C)cc7)c6)cc5)CCCCC4)cc3)CC=C2)c2ccc(C)cc2)CC1. The molecule has 0 radical (unpaired) electrons. The van der Waals surface area contributed by atoms with Crippen LogP contribution in [0.15, 0.2) is 193 Å². The van der Waals surface area contributed by atoms with Gasteiger partial charge in [-0.2, -0.15) is 0 Å². The van der Waals surface area contributed by atoms with E-state index in [4.69, 9.17) is 0 Å². The van der Waals surface area contributed by atoms with Crippen LogP contribution in [0.5, 0.6) is 0 Å². The zero-order chi connectivity index (χ0) is 41.1. The third-order valence-corrected chi connectivity index (χ3v) is 13.3. The van der Waals surface area contributed by atoms with Crippen LogP contribution in [0, 0.1) is 20.8 Å². The number of hydrogen-bond donors (Lipinski definition) is 0. The fourth-order valence-electron chi connectivity index (χ4n) is 9.73. The molecule has 2 nitrogen and oxygen atoms in total. The van der Waals surface area contributed by atoms with E-state index in [2.05, 4.69) is 213 Å². The highest BCUT2D eigenvalue weighted by molar-refractivity contribution is 5.80. The highest BCUT2D eigenvalue weighted by atomic mass is 15.2. The van der Waals surface area contributed by atoms with E-state index in [-0.39, 0.29) is 5.41 Å². The standard InChI is InChI=1S/C58H58N2/c1-42-14-30-52(31-15-42)59(53-32-16-43(2)17-33-53)56-12-8-10-48(40-56)46-22-26-50(27-23-46)58(38-6-5-7-39-58)51-28-24-47(25-29-51)49-11-9-13-57(41-49)60(54-34-18-44(3)19-35-54)55-36-20-45(4)21-37-55/h8-10,12-20,22-36,40-41,49H,5-7,11,21,37-39H2,1-4H3. The molecule has 1 saturated carbocycles. The quantitative estimate of drug-likeness (QED) is 0.137. The van der Waals surface area contributed by atoms with Crippen molar-refractivity contribution in [2.75, 3.05) is 9.80 Å². The molecule has 1 fully saturated rings. The summed E-state index contributed by atoms with van der Waals surface area (Å²) in [7, 11) is 0. The fourth-order valence-corrected chi connectivity index (χ4v) is 9.73. The fraction of sp³-hybridized carbons (Fsp3) is 0.241. The van der Waals surface area contributed by atoms with Gasteiger partial charge in [-0.05, 0) is 148 Å². The number of rotatable bonds is 10. The molecule has 0 heterocycles. The molecule has 60 heavy (non-hydrogen) atoms. The van der Waals surface area contributed by atoms with Crippen molar-refractivity contribution in [1.29, 1.82) is 0 Å². The number of anilines is 4. The summed E-state index contributed by atoms with van der Waals surface area (Å²) >= 11 is 0. The zero-order valence-electron chi connectivity index (χ0n) is 35.9. The molecule has 0 amide bonds. The Kier molecular flexibility index (Phi) is 11.3. The first kappa shape index (κ1) is 39.3. The molecular formula is C58H58N2. The molecule has 0 saturated heterocycles. The maximum atomic E-state index is 2.51. The van der Waals surface area contributed by atoms with E-state index in [1.54, 1.807) is 0 Å². The molecule has 300 valence electrons. The molecule has 9 rings (SSSR count). The third kappa shape index (κ3) is 8.21. The van der Waals surface area contributed by atoms with Crippen LogP contribution < -0.4 is 9.80 Å². The van der Waals surface area contributed by atoms with E-state index >= 15 is 0 Å². The summed E-state index contributed by atoms with van der Waals surface area (Å²) in [6.07, 6.45) is 21.2. The Morgan fingerprint density at radius 1 is 0.500 bits per heavy atom. The van der Waals surface area contributed by atoms with Gasteiger partial charge in [0.1, 0.15) is 0 Å². The van der Waals surface area contributed by atoms with E-state index in [1.165, 1.54) is 99.3 Å². The summed E-state index contributed by atoms with van der Waals surface area (Å²) in [6.45, 7) is 8.70. The van der Waals surface area contributed by atoms with Crippen molar-refractivity contribution in [1.82, 2.24) is 0 Å². The van der Waals surface area contributed by atoms with Crippen molar-refractivity contribution in [3.8, 4) is 11.1 Å². The van der Waals surface area contributed by atoms with Crippen molar-refractivity contribution in [2.45, 2.75) is 90.4 Å². The van der Waals surface area contributed by atoms with Crippen molar-refractivity contribution >= 4 is 22.7 Å². The zero-order valence-corrected chi connectivity index (χ0v) is 35.9. The molecule has 6 aromatic rings. The van der Waals surface area contributed by atoms with E-state index in [0.717, 1.165) is 36.3 Å². The van der Waals surface area contributed by atoms with Gasteiger partial charge in [-0.15, -0.1) is 0 Å². The van der Waals surface area contributed by atoms with Crippen molar-refractivity contribution < 1.29 is 0 Å². The molecular weight excluding hydrogens is 725 g/mol. The lowest BCUT2D eigenvalue weighted by molar-refractivity contribution is 0.346. The van der Waals surface area contributed by atoms with Gasteiger partial charge in [-0.25, -0.2) is 0 Å². The van der Waals surface area contributed by atoms with Gasteiger partial charge < -0.3 is 9.80 Å². The first-order valence-electron chi connectivity index (χ1n) is 22.2. The monoisotopic (exact) mass is 782 g/mol. The van der Waals surface area contributed by atoms with Crippen LogP contribution in [0.1, 0.15) is 97.6 Å². The molecule has 1 atom stereocenters. The van der Waals surface area contributed by atoms with Gasteiger partial charge in [0.15, 0.2) is 0 Å². The summed E-state index contributed by atoms with van der Waals surface area (Å²) in [5.41, 5.74) is 19.4. The Labute approximate surface area is 358 Å². The Morgan fingerprint density at radius 3 is 1.63 bits per heavy atom. The maximum Gasteiger partial charge on any atom is 0.0467 e. The molecule has 3 aliphatic rings. The Hall–Kier alpha value is -6.12. The number of benzene rings is 6. The topological polar surface area (TPSA) is 6.48 Å². The lowest BCUT2D eigenvalue weighted by Gasteiger charge is -2.39. The van der Waals surface area contributed by atoms with Crippen molar-refractivity contribution in [3.05, 3.63) is 226 Å². The van der Waals surface area contributed by atoms with Gasteiger partial charge in [0.05, 0.1) is 0 Å². The largest absolute Gasteiger partial charge is 0.315 e. The van der Waals surface area contributed by atoms with Crippen LogP contribution in [0.25, 0.3) is 11.1 Å². The molecule has 0 N–H and O–H groups in total. The second-order valence-corrected chi connectivity index (χ2v) is 17.6. The van der Waals surface area contributed by atoms with Gasteiger partial charge in [-0.3, -0.25) is 0 Å². The van der Waals surface area contributed by atoms with Crippen LogP contribution in [0.2, 0.25) is 0 Å². The second kappa shape index (κ2) is 17.2. The third-order valence-electron chi connectivity index (χ3n) is 13.3. The average molecular weight is 783 g/mol. The van der Waals surface area contributed by atoms with Crippen LogP contribution in [-0.4, -0.2) is 0 Å². The minimum absolute atomic E-state index is 0.0274. The summed E-state index contributed by atoms with van der Waals surface area (Å²) in [5.74, 6) is 0.332. The summed E-state index contributed by atoms with van der Waals surface area (Å²) in [5, 5.41) is 0. The van der Waals surface area contributed by atoms with E-state index in [0.29, 0.717) is 5.92 Å². The van der Waals surface area contributed by atoms with Gasteiger partial charge in [-0.1, -0.05) is 157 Å². The molecule has 0 aliphatic heterocycles. The van der Waals surface area contributed by atoms with Crippen LogP contribution >= 0.6 is 0 Å². The second-order valence-electron chi connectivity index (χ2n) is 17.6. The number of hydrogen-bond acceptors (Lipinski definition) is 2. The highest BCUT2D eigenvalue weighted by Crippen LogP contribution is 2.46. The Bertz CT molecular complexity index is 2500. The first-order chi connectivity index (χ1) is 29.3. The van der Waals surface area contributed by atoms with E-state index < -0.39 is 0 Å².